The fraction of sp³-hybridized carbons (Fsp3) is 0.118. The van der Waals surface area contributed by atoms with Crippen molar-refractivity contribution in [2.75, 3.05) is 6.61 Å². The molecule has 0 spiro atoms. The van der Waals surface area contributed by atoms with Gasteiger partial charge in [0.1, 0.15) is 0 Å². The highest BCUT2D eigenvalue weighted by molar-refractivity contribution is 6.22. The van der Waals surface area contributed by atoms with Gasteiger partial charge in [-0.25, -0.2) is 4.79 Å². The van der Waals surface area contributed by atoms with Gasteiger partial charge in [0.15, 0.2) is 0 Å². The Bertz CT molecular complexity index is 708. The van der Waals surface area contributed by atoms with Crippen molar-refractivity contribution in [2.45, 2.75) is 6.92 Å². The molecule has 0 unspecified atom stereocenters. The first-order valence-electron chi connectivity index (χ1n) is 6.81. The standard InChI is InChI=1S/C17H15NO4/c1-2-22-17(19)15(12-13-8-4-3-5-9-13)14-10-6-7-11-16(14)18(20)21/h3-12H,2H2,1H3. The van der Waals surface area contributed by atoms with Crippen LogP contribution in [-0.4, -0.2) is 17.5 Å². The number of nitro benzene ring substituents is 1. The maximum absolute atomic E-state index is 12.2. The number of ether oxygens (including phenoxy) is 1. The van der Waals surface area contributed by atoms with Crippen LogP contribution in [-0.2, 0) is 9.53 Å². The number of hydrogen-bond donors (Lipinski definition) is 0. The van der Waals surface area contributed by atoms with Crippen LogP contribution in [0.5, 0.6) is 0 Å². The molecule has 0 heterocycles. The van der Waals surface area contributed by atoms with Crippen LogP contribution in [0.3, 0.4) is 0 Å². The van der Waals surface area contributed by atoms with E-state index in [0.717, 1.165) is 5.56 Å². The molecule has 112 valence electrons. The van der Waals surface area contributed by atoms with E-state index in [0.29, 0.717) is 0 Å². The summed E-state index contributed by atoms with van der Waals surface area (Å²) in [5.41, 5.74) is 1.05. The van der Waals surface area contributed by atoms with Crippen LogP contribution in [0.2, 0.25) is 0 Å². The topological polar surface area (TPSA) is 69.4 Å². The molecule has 2 aromatic carbocycles. The quantitative estimate of drug-likeness (QED) is 0.277. The van der Waals surface area contributed by atoms with Crippen molar-refractivity contribution in [3.8, 4) is 0 Å². The minimum atomic E-state index is -0.583. The lowest BCUT2D eigenvalue weighted by atomic mass is 10.0. The van der Waals surface area contributed by atoms with Gasteiger partial charge in [-0.1, -0.05) is 42.5 Å². The van der Waals surface area contributed by atoms with E-state index in [2.05, 4.69) is 0 Å². The molecule has 0 atom stereocenters. The van der Waals surface area contributed by atoms with Crippen LogP contribution in [0, 0.1) is 10.1 Å². The fourth-order valence-corrected chi connectivity index (χ4v) is 2.03. The molecule has 0 saturated heterocycles. The summed E-state index contributed by atoms with van der Waals surface area (Å²) >= 11 is 0. The summed E-state index contributed by atoms with van der Waals surface area (Å²) in [6.45, 7) is 1.89. The van der Waals surface area contributed by atoms with Gasteiger partial charge in [-0.15, -0.1) is 0 Å². The predicted octanol–water partition coefficient (Wildman–Crippen LogP) is 3.70. The number of para-hydroxylation sites is 1. The summed E-state index contributed by atoms with van der Waals surface area (Å²) in [5.74, 6) is -0.583. The van der Waals surface area contributed by atoms with Crippen molar-refractivity contribution in [3.05, 3.63) is 75.8 Å². The maximum atomic E-state index is 12.2. The highest BCUT2D eigenvalue weighted by atomic mass is 16.6. The Morgan fingerprint density at radius 2 is 1.77 bits per heavy atom. The maximum Gasteiger partial charge on any atom is 0.339 e. The molecule has 0 aliphatic rings. The van der Waals surface area contributed by atoms with Crippen molar-refractivity contribution in [2.24, 2.45) is 0 Å². The molecule has 22 heavy (non-hydrogen) atoms. The zero-order chi connectivity index (χ0) is 15.9. The Labute approximate surface area is 128 Å². The largest absolute Gasteiger partial charge is 0.462 e. The van der Waals surface area contributed by atoms with E-state index in [4.69, 9.17) is 4.74 Å². The Hall–Kier alpha value is -2.95. The lowest BCUT2D eigenvalue weighted by molar-refractivity contribution is -0.385. The van der Waals surface area contributed by atoms with Gasteiger partial charge in [0, 0.05) is 6.07 Å². The molecular weight excluding hydrogens is 282 g/mol. The summed E-state index contributed by atoms with van der Waals surface area (Å²) in [5, 5.41) is 11.2. The highest BCUT2D eigenvalue weighted by Gasteiger charge is 2.22. The Morgan fingerprint density at radius 1 is 1.14 bits per heavy atom. The zero-order valence-corrected chi connectivity index (χ0v) is 12.1. The van der Waals surface area contributed by atoms with Gasteiger partial charge in [0.05, 0.1) is 22.7 Å². The predicted molar refractivity (Wildman–Crippen MR) is 84.0 cm³/mol. The summed E-state index contributed by atoms with van der Waals surface area (Å²) in [4.78, 5) is 22.9. The second-order valence-electron chi connectivity index (χ2n) is 4.46. The second-order valence-corrected chi connectivity index (χ2v) is 4.46. The first kappa shape index (κ1) is 15.4. The minimum Gasteiger partial charge on any atom is -0.462 e. The first-order valence-corrected chi connectivity index (χ1v) is 6.81. The van der Waals surface area contributed by atoms with Crippen LogP contribution in [0.4, 0.5) is 5.69 Å². The third-order valence-electron chi connectivity index (χ3n) is 3.00. The molecule has 0 aliphatic carbocycles. The van der Waals surface area contributed by atoms with Gasteiger partial charge < -0.3 is 4.74 Å². The van der Waals surface area contributed by atoms with E-state index < -0.39 is 10.9 Å². The van der Waals surface area contributed by atoms with Gasteiger partial charge in [0.25, 0.3) is 5.69 Å². The molecule has 0 radical (unpaired) electrons. The number of nitro groups is 1. The number of carbonyl (C=O) groups excluding carboxylic acids is 1. The monoisotopic (exact) mass is 297 g/mol. The molecule has 5 heteroatoms. The van der Waals surface area contributed by atoms with Gasteiger partial charge in [-0.3, -0.25) is 10.1 Å². The molecule has 5 nitrogen and oxygen atoms in total. The normalized spacial score (nSPS) is 11.0. The smallest absolute Gasteiger partial charge is 0.339 e. The summed E-state index contributed by atoms with van der Waals surface area (Å²) in [7, 11) is 0. The minimum absolute atomic E-state index is 0.127. The van der Waals surface area contributed by atoms with E-state index in [-0.39, 0.29) is 23.4 Å². The molecule has 0 N–H and O–H groups in total. The molecule has 0 fully saturated rings. The van der Waals surface area contributed by atoms with Crippen LogP contribution < -0.4 is 0 Å². The van der Waals surface area contributed by atoms with Gasteiger partial charge in [0.2, 0.25) is 0 Å². The van der Waals surface area contributed by atoms with Crippen LogP contribution in [0.15, 0.2) is 54.6 Å². The Balaban J connectivity index is 2.57. The molecule has 0 bridgehead atoms. The lowest BCUT2D eigenvalue weighted by Gasteiger charge is -2.08. The molecule has 0 amide bonds. The van der Waals surface area contributed by atoms with Gasteiger partial charge in [-0.2, -0.15) is 0 Å². The highest BCUT2D eigenvalue weighted by Crippen LogP contribution is 2.28. The average Bonchev–Trinajstić information content (AvgIpc) is 2.53. The number of esters is 1. The summed E-state index contributed by atoms with van der Waals surface area (Å²) < 4.78 is 5.04. The Kier molecular flexibility index (Phi) is 5.03. The number of benzene rings is 2. The summed E-state index contributed by atoms with van der Waals surface area (Å²) in [6, 6.07) is 15.3. The number of rotatable bonds is 5. The van der Waals surface area contributed by atoms with E-state index >= 15 is 0 Å². The summed E-state index contributed by atoms with van der Waals surface area (Å²) in [6.07, 6.45) is 1.60. The molecular formula is C17H15NO4. The molecule has 2 rings (SSSR count). The number of nitrogens with zero attached hydrogens (tertiary/aromatic N) is 1. The van der Waals surface area contributed by atoms with Crippen molar-refractivity contribution in [1.82, 2.24) is 0 Å². The van der Waals surface area contributed by atoms with Gasteiger partial charge in [-0.05, 0) is 24.6 Å². The van der Waals surface area contributed by atoms with Crippen molar-refractivity contribution >= 4 is 23.3 Å². The van der Waals surface area contributed by atoms with E-state index in [9.17, 15) is 14.9 Å². The molecule has 0 aromatic heterocycles. The number of hydrogen-bond acceptors (Lipinski definition) is 4. The van der Waals surface area contributed by atoms with E-state index in [1.165, 1.54) is 6.07 Å². The third-order valence-corrected chi connectivity index (χ3v) is 3.00. The van der Waals surface area contributed by atoms with Gasteiger partial charge >= 0.3 is 5.97 Å². The fourth-order valence-electron chi connectivity index (χ4n) is 2.03. The van der Waals surface area contributed by atoms with Crippen molar-refractivity contribution < 1.29 is 14.5 Å². The zero-order valence-electron chi connectivity index (χ0n) is 12.1. The molecule has 2 aromatic rings. The van der Waals surface area contributed by atoms with Crippen molar-refractivity contribution in [3.63, 3.8) is 0 Å². The van der Waals surface area contributed by atoms with Crippen LogP contribution in [0.25, 0.3) is 11.6 Å². The van der Waals surface area contributed by atoms with E-state index in [1.807, 2.05) is 30.3 Å². The Morgan fingerprint density at radius 3 is 2.41 bits per heavy atom. The first-order chi connectivity index (χ1) is 10.6. The van der Waals surface area contributed by atoms with Crippen LogP contribution >= 0.6 is 0 Å². The second kappa shape index (κ2) is 7.17. The molecule has 0 saturated carbocycles. The number of carbonyl (C=O) groups is 1. The lowest BCUT2D eigenvalue weighted by Crippen LogP contribution is -2.08. The average molecular weight is 297 g/mol. The van der Waals surface area contributed by atoms with E-state index in [1.54, 1.807) is 31.2 Å². The third kappa shape index (κ3) is 3.58. The van der Waals surface area contributed by atoms with Crippen molar-refractivity contribution in [1.29, 1.82) is 0 Å². The molecule has 0 aliphatic heterocycles. The SMILES string of the molecule is CCOC(=O)C(=Cc1ccccc1)c1ccccc1[N+](=O)[O-]. The van der Waals surface area contributed by atoms with Crippen LogP contribution in [0.1, 0.15) is 18.1 Å².